The van der Waals surface area contributed by atoms with Crippen molar-refractivity contribution in [1.82, 2.24) is 16.0 Å². The zero-order valence-electron chi connectivity index (χ0n) is 7.21. The highest BCUT2D eigenvalue weighted by Crippen LogP contribution is 2.09. The fourth-order valence-electron chi connectivity index (χ4n) is 1.26. The average Bonchev–Trinajstić information content (AvgIpc) is 2.47. The Kier molecular flexibility index (Phi) is 4.31. The van der Waals surface area contributed by atoms with Gasteiger partial charge in [-0.15, -0.1) is 24.2 Å². The van der Waals surface area contributed by atoms with Gasteiger partial charge in [-0.2, -0.15) is 0 Å². The van der Waals surface area contributed by atoms with Gasteiger partial charge in [-0.05, 0) is 0 Å². The molecule has 2 fully saturated rings. The van der Waals surface area contributed by atoms with Crippen LogP contribution in [0, 0.1) is 0 Å². The van der Waals surface area contributed by atoms with Gasteiger partial charge in [0.05, 0.1) is 12.1 Å². The van der Waals surface area contributed by atoms with E-state index in [9.17, 15) is 4.79 Å². The normalized spacial score (nSPS) is 27.5. The molecule has 2 saturated heterocycles. The highest BCUT2D eigenvalue weighted by Gasteiger charge is 2.26. The summed E-state index contributed by atoms with van der Waals surface area (Å²) in [6.07, 6.45) is 0. The molecule has 0 spiro atoms. The lowest BCUT2D eigenvalue weighted by Gasteiger charge is -2.28. The topological polar surface area (TPSA) is 53.2 Å². The SMILES string of the molecule is Cl.O=C(NC1CNC1)[C@H]1CSCN1. The second-order valence-corrected chi connectivity index (χ2v) is 4.17. The van der Waals surface area contributed by atoms with Crippen molar-refractivity contribution in [1.29, 1.82) is 0 Å². The summed E-state index contributed by atoms with van der Waals surface area (Å²) in [5, 5.41) is 9.24. The average molecular weight is 224 g/mol. The van der Waals surface area contributed by atoms with Crippen molar-refractivity contribution in [3.8, 4) is 0 Å². The molecule has 0 unspecified atom stereocenters. The molecular weight excluding hydrogens is 210 g/mol. The second kappa shape index (κ2) is 5.05. The molecule has 0 aliphatic carbocycles. The van der Waals surface area contributed by atoms with Crippen LogP contribution in [0.2, 0.25) is 0 Å². The third-order valence-corrected chi connectivity index (χ3v) is 3.10. The van der Waals surface area contributed by atoms with Gasteiger partial charge in [-0.3, -0.25) is 10.1 Å². The molecule has 76 valence electrons. The van der Waals surface area contributed by atoms with E-state index in [0.717, 1.165) is 24.7 Å². The molecule has 0 radical (unpaired) electrons. The van der Waals surface area contributed by atoms with Gasteiger partial charge in [0, 0.05) is 24.7 Å². The van der Waals surface area contributed by atoms with Gasteiger partial charge in [0.1, 0.15) is 0 Å². The minimum absolute atomic E-state index is 0. The maximum atomic E-state index is 11.4. The molecule has 4 nitrogen and oxygen atoms in total. The number of rotatable bonds is 2. The number of amides is 1. The monoisotopic (exact) mass is 223 g/mol. The molecular formula is C7H14ClN3OS. The van der Waals surface area contributed by atoms with Gasteiger partial charge >= 0.3 is 0 Å². The number of nitrogens with one attached hydrogen (secondary N) is 3. The molecule has 2 aliphatic heterocycles. The van der Waals surface area contributed by atoms with Gasteiger partial charge in [-0.1, -0.05) is 0 Å². The molecule has 0 aromatic rings. The minimum Gasteiger partial charge on any atom is -0.349 e. The summed E-state index contributed by atoms with van der Waals surface area (Å²) < 4.78 is 0. The Morgan fingerprint density at radius 2 is 2.23 bits per heavy atom. The van der Waals surface area contributed by atoms with Crippen LogP contribution in [0.5, 0.6) is 0 Å². The molecule has 0 saturated carbocycles. The van der Waals surface area contributed by atoms with Gasteiger partial charge in [0.15, 0.2) is 0 Å². The first-order chi connectivity index (χ1) is 5.86. The van der Waals surface area contributed by atoms with Gasteiger partial charge in [0.25, 0.3) is 0 Å². The fraction of sp³-hybridized carbons (Fsp3) is 0.857. The molecule has 1 atom stereocenters. The number of thioether (sulfide) groups is 1. The summed E-state index contributed by atoms with van der Waals surface area (Å²) in [4.78, 5) is 11.4. The van der Waals surface area contributed by atoms with Crippen molar-refractivity contribution in [2.45, 2.75) is 12.1 Å². The Hall–Kier alpha value is 0.0300. The summed E-state index contributed by atoms with van der Waals surface area (Å²) in [6.45, 7) is 1.84. The number of hydrogen-bond acceptors (Lipinski definition) is 4. The van der Waals surface area contributed by atoms with E-state index in [1.165, 1.54) is 0 Å². The Balaban J connectivity index is 0.000000845. The van der Waals surface area contributed by atoms with Gasteiger partial charge < -0.3 is 10.6 Å². The molecule has 1 amide bonds. The number of carbonyl (C=O) groups excluding carboxylic acids is 1. The smallest absolute Gasteiger partial charge is 0.238 e. The van der Waals surface area contributed by atoms with E-state index in [1.807, 2.05) is 0 Å². The molecule has 0 aromatic carbocycles. The maximum absolute atomic E-state index is 11.4. The van der Waals surface area contributed by atoms with Crippen LogP contribution in [-0.2, 0) is 4.79 Å². The molecule has 3 N–H and O–H groups in total. The van der Waals surface area contributed by atoms with Crippen LogP contribution >= 0.6 is 24.2 Å². The lowest BCUT2D eigenvalue weighted by molar-refractivity contribution is -0.123. The van der Waals surface area contributed by atoms with Gasteiger partial charge in [-0.25, -0.2) is 0 Å². The Morgan fingerprint density at radius 3 is 2.69 bits per heavy atom. The lowest BCUT2D eigenvalue weighted by atomic mass is 10.1. The van der Waals surface area contributed by atoms with E-state index >= 15 is 0 Å². The van der Waals surface area contributed by atoms with Crippen molar-refractivity contribution in [3.63, 3.8) is 0 Å². The molecule has 0 aromatic heterocycles. The molecule has 2 rings (SSSR count). The van der Waals surface area contributed by atoms with Crippen LogP contribution in [0.3, 0.4) is 0 Å². The predicted octanol–water partition coefficient (Wildman–Crippen LogP) is -0.841. The summed E-state index contributed by atoms with van der Waals surface area (Å²) in [5.74, 6) is 1.97. The molecule has 2 aliphatic rings. The largest absolute Gasteiger partial charge is 0.349 e. The lowest BCUT2D eigenvalue weighted by Crippen LogP contribution is -2.59. The van der Waals surface area contributed by atoms with Gasteiger partial charge in [0.2, 0.25) is 5.91 Å². The Morgan fingerprint density at radius 1 is 1.46 bits per heavy atom. The zero-order chi connectivity index (χ0) is 8.39. The van der Waals surface area contributed by atoms with Crippen molar-refractivity contribution in [2.75, 3.05) is 24.7 Å². The third-order valence-electron chi connectivity index (χ3n) is 2.16. The summed E-state index contributed by atoms with van der Waals surface area (Å²) >= 11 is 1.78. The van der Waals surface area contributed by atoms with Crippen LogP contribution < -0.4 is 16.0 Å². The first kappa shape index (κ1) is 11.1. The first-order valence-electron chi connectivity index (χ1n) is 4.18. The van der Waals surface area contributed by atoms with Crippen LogP contribution in [0.4, 0.5) is 0 Å². The second-order valence-electron chi connectivity index (χ2n) is 3.14. The Labute approximate surface area is 88.0 Å². The summed E-state index contributed by atoms with van der Waals surface area (Å²) in [6, 6.07) is 0.403. The molecule has 13 heavy (non-hydrogen) atoms. The van der Waals surface area contributed by atoms with E-state index in [-0.39, 0.29) is 24.4 Å². The minimum atomic E-state index is 0. The first-order valence-corrected chi connectivity index (χ1v) is 5.34. The number of hydrogen-bond donors (Lipinski definition) is 3. The fourth-order valence-corrected chi connectivity index (χ4v) is 2.20. The van der Waals surface area contributed by atoms with Crippen molar-refractivity contribution in [3.05, 3.63) is 0 Å². The quantitative estimate of drug-likeness (QED) is 0.572. The third kappa shape index (κ3) is 2.74. The highest BCUT2D eigenvalue weighted by atomic mass is 35.5. The highest BCUT2D eigenvalue weighted by molar-refractivity contribution is 7.99. The van der Waals surface area contributed by atoms with E-state index in [0.29, 0.717) is 6.04 Å². The standard InChI is InChI=1S/C7H13N3OS.ClH/c11-7(6-3-12-4-9-6)10-5-1-8-2-5;/h5-6,8-9H,1-4H2,(H,10,11);1H/t6-;/m1./s1. The summed E-state index contributed by atoms with van der Waals surface area (Å²) in [5.41, 5.74) is 0. The van der Waals surface area contributed by atoms with E-state index in [2.05, 4.69) is 16.0 Å². The van der Waals surface area contributed by atoms with Crippen LogP contribution in [0.15, 0.2) is 0 Å². The summed E-state index contributed by atoms with van der Waals surface area (Å²) in [7, 11) is 0. The zero-order valence-corrected chi connectivity index (χ0v) is 8.84. The Bertz CT molecular complexity index is 183. The number of carbonyl (C=O) groups is 1. The predicted molar refractivity (Wildman–Crippen MR) is 56.3 cm³/mol. The van der Waals surface area contributed by atoms with E-state index < -0.39 is 0 Å². The molecule has 2 heterocycles. The van der Waals surface area contributed by atoms with Crippen molar-refractivity contribution >= 4 is 30.1 Å². The number of halogens is 1. The maximum Gasteiger partial charge on any atom is 0.238 e. The van der Waals surface area contributed by atoms with Crippen LogP contribution in [0.1, 0.15) is 0 Å². The van der Waals surface area contributed by atoms with E-state index in [1.54, 1.807) is 11.8 Å². The molecule has 0 bridgehead atoms. The van der Waals surface area contributed by atoms with Crippen molar-refractivity contribution in [2.24, 2.45) is 0 Å². The molecule has 6 heteroatoms. The van der Waals surface area contributed by atoms with E-state index in [4.69, 9.17) is 0 Å². The van der Waals surface area contributed by atoms with Crippen molar-refractivity contribution < 1.29 is 4.79 Å². The van der Waals surface area contributed by atoms with Crippen LogP contribution in [-0.4, -0.2) is 42.7 Å². The van der Waals surface area contributed by atoms with Crippen LogP contribution in [0.25, 0.3) is 0 Å².